The molecule has 4 rings (SSSR count). The van der Waals surface area contributed by atoms with E-state index in [1.165, 1.54) is 23.0 Å². The molecule has 0 aliphatic rings. The number of fused-ring (bicyclic) bond motifs is 2. The third-order valence-corrected chi connectivity index (χ3v) is 6.21. The molecule has 0 bridgehead atoms. The van der Waals surface area contributed by atoms with Crippen molar-refractivity contribution in [3.05, 3.63) is 73.4 Å². The summed E-state index contributed by atoms with van der Waals surface area (Å²) in [4.78, 5) is 42.8. The van der Waals surface area contributed by atoms with Crippen LogP contribution in [0.3, 0.4) is 0 Å². The Morgan fingerprint density at radius 3 is 2.63 bits per heavy atom. The standard InChI is InChI=1S/C21H19N3O4S.Na.H/c1-3-10-24-19-17(18(25)23(2)21(24)28)16(20(26)27)15(29-19)11-12-8-9-22-14-7-5-4-6-13(12)14;;/h4-9H,3,10-11H2,1-2H3,(H,26,27);;. The van der Waals surface area contributed by atoms with Gasteiger partial charge in [-0.15, -0.1) is 11.3 Å². The van der Waals surface area contributed by atoms with Crippen molar-refractivity contribution in [1.29, 1.82) is 0 Å². The number of hydrogen-bond acceptors (Lipinski definition) is 5. The number of rotatable bonds is 5. The molecule has 1 aromatic carbocycles. The van der Waals surface area contributed by atoms with Gasteiger partial charge in [0, 0.05) is 36.5 Å². The van der Waals surface area contributed by atoms with E-state index in [1.807, 2.05) is 37.3 Å². The van der Waals surface area contributed by atoms with Crippen LogP contribution in [0.15, 0.2) is 46.1 Å². The quantitative estimate of drug-likeness (QED) is 0.488. The zero-order valence-corrected chi connectivity index (χ0v) is 16.8. The summed E-state index contributed by atoms with van der Waals surface area (Å²) in [6.45, 7) is 2.35. The zero-order valence-electron chi connectivity index (χ0n) is 16.0. The maximum absolute atomic E-state index is 12.8. The van der Waals surface area contributed by atoms with Gasteiger partial charge in [0.05, 0.1) is 16.5 Å². The summed E-state index contributed by atoms with van der Waals surface area (Å²) in [6.07, 6.45) is 2.72. The molecule has 0 spiro atoms. The molecule has 0 amide bonds. The summed E-state index contributed by atoms with van der Waals surface area (Å²) in [7, 11) is 1.38. The van der Waals surface area contributed by atoms with Crippen molar-refractivity contribution in [2.45, 2.75) is 26.3 Å². The summed E-state index contributed by atoms with van der Waals surface area (Å²) in [5, 5.41) is 10.9. The molecule has 3 heterocycles. The number of thiophene rings is 1. The van der Waals surface area contributed by atoms with Crippen LogP contribution >= 0.6 is 11.3 Å². The van der Waals surface area contributed by atoms with Crippen LogP contribution in [0.4, 0.5) is 0 Å². The number of benzene rings is 1. The Kier molecular flexibility index (Phi) is 6.62. The summed E-state index contributed by atoms with van der Waals surface area (Å²) < 4.78 is 2.49. The summed E-state index contributed by atoms with van der Waals surface area (Å²) in [5.41, 5.74) is 0.726. The van der Waals surface area contributed by atoms with Crippen LogP contribution < -0.4 is 11.2 Å². The number of carbonyl (C=O) groups is 1. The van der Waals surface area contributed by atoms with Crippen molar-refractivity contribution in [3.63, 3.8) is 0 Å². The number of carboxylic acids is 1. The van der Waals surface area contributed by atoms with Crippen LogP contribution in [0, 0.1) is 0 Å². The predicted molar refractivity (Wildman–Crippen MR) is 120 cm³/mol. The first kappa shape index (κ1) is 22.4. The second kappa shape index (κ2) is 8.85. The van der Waals surface area contributed by atoms with Crippen LogP contribution in [-0.4, -0.2) is 54.8 Å². The van der Waals surface area contributed by atoms with Gasteiger partial charge < -0.3 is 5.11 Å². The van der Waals surface area contributed by atoms with E-state index in [0.717, 1.165) is 21.0 Å². The summed E-state index contributed by atoms with van der Waals surface area (Å²) in [6, 6.07) is 9.50. The van der Waals surface area contributed by atoms with Crippen molar-refractivity contribution >= 4 is 68.0 Å². The molecule has 150 valence electrons. The van der Waals surface area contributed by atoms with Crippen molar-refractivity contribution in [2.24, 2.45) is 7.05 Å². The zero-order chi connectivity index (χ0) is 20.7. The van der Waals surface area contributed by atoms with Gasteiger partial charge in [-0.25, -0.2) is 9.59 Å². The first-order valence-electron chi connectivity index (χ1n) is 9.25. The number of aryl methyl sites for hydroxylation is 1. The van der Waals surface area contributed by atoms with Gasteiger partial charge in [0.1, 0.15) is 4.83 Å². The van der Waals surface area contributed by atoms with Crippen molar-refractivity contribution in [3.8, 4) is 0 Å². The summed E-state index contributed by atoms with van der Waals surface area (Å²) in [5.74, 6) is -1.16. The van der Waals surface area contributed by atoms with Crippen LogP contribution in [0.5, 0.6) is 0 Å². The van der Waals surface area contributed by atoms with Crippen molar-refractivity contribution in [2.75, 3.05) is 0 Å². The van der Waals surface area contributed by atoms with E-state index in [0.29, 0.717) is 29.1 Å². The third-order valence-electron chi connectivity index (χ3n) is 5.00. The fraction of sp³-hybridized carbons (Fsp3) is 0.238. The van der Waals surface area contributed by atoms with E-state index >= 15 is 0 Å². The second-order valence-electron chi connectivity index (χ2n) is 6.85. The van der Waals surface area contributed by atoms with Crippen molar-refractivity contribution < 1.29 is 9.90 Å². The normalized spacial score (nSPS) is 11.0. The molecule has 9 heteroatoms. The predicted octanol–water partition coefficient (Wildman–Crippen LogP) is 2.36. The molecule has 3 aromatic heterocycles. The van der Waals surface area contributed by atoms with Crippen molar-refractivity contribution in [1.82, 2.24) is 14.1 Å². The van der Waals surface area contributed by atoms with E-state index in [2.05, 4.69) is 4.98 Å². The molecule has 0 aliphatic heterocycles. The fourth-order valence-corrected chi connectivity index (χ4v) is 4.95. The second-order valence-corrected chi connectivity index (χ2v) is 7.93. The van der Waals surface area contributed by atoms with Crippen LogP contribution in [0.1, 0.15) is 34.1 Å². The molecule has 0 aliphatic carbocycles. The third kappa shape index (κ3) is 3.65. The van der Waals surface area contributed by atoms with E-state index in [4.69, 9.17) is 0 Å². The number of carboxylic acid groups (broad SMARTS) is 1. The monoisotopic (exact) mass is 433 g/mol. The Hall–Kier alpha value is -2.26. The van der Waals surface area contributed by atoms with Gasteiger partial charge in [0.15, 0.2) is 0 Å². The number of pyridine rings is 1. The molecule has 0 atom stereocenters. The van der Waals surface area contributed by atoms with Gasteiger partial charge in [0.25, 0.3) is 5.56 Å². The SMILES string of the molecule is CCCn1c(=O)n(C)c(=O)c2c(C(=O)O)c(Cc3ccnc4ccccc34)sc21.[NaH]. The topological polar surface area (TPSA) is 94.2 Å². The molecule has 30 heavy (non-hydrogen) atoms. The molecule has 0 saturated heterocycles. The molecule has 0 saturated carbocycles. The number of nitrogens with zero attached hydrogens (tertiary/aromatic N) is 3. The maximum atomic E-state index is 12.8. The molecule has 0 unspecified atom stereocenters. The van der Waals surface area contributed by atoms with E-state index in [9.17, 15) is 19.5 Å². The first-order chi connectivity index (χ1) is 13.9. The average Bonchev–Trinajstić information content (AvgIpc) is 3.09. The number of aromatic nitrogens is 3. The van der Waals surface area contributed by atoms with Gasteiger partial charge >= 0.3 is 41.2 Å². The number of para-hydroxylation sites is 1. The Morgan fingerprint density at radius 1 is 1.20 bits per heavy atom. The average molecular weight is 433 g/mol. The van der Waals surface area contributed by atoms with E-state index in [1.54, 1.807) is 6.20 Å². The Bertz CT molecular complexity index is 1380. The van der Waals surface area contributed by atoms with E-state index in [-0.39, 0.29) is 40.5 Å². The molecular formula is C21H20N3NaO4S. The molecular weight excluding hydrogens is 413 g/mol. The Morgan fingerprint density at radius 2 is 1.93 bits per heavy atom. The molecule has 1 N–H and O–H groups in total. The fourth-order valence-electron chi connectivity index (χ4n) is 3.63. The molecule has 0 fully saturated rings. The molecule has 7 nitrogen and oxygen atoms in total. The van der Waals surface area contributed by atoms with Crippen LogP contribution in [0.25, 0.3) is 21.1 Å². The minimum atomic E-state index is -1.16. The first-order valence-corrected chi connectivity index (χ1v) is 10.1. The molecule has 0 radical (unpaired) electrons. The van der Waals surface area contributed by atoms with Crippen LogP contribution in [-0.2, 0) is 20.0 Å². The Balaban J connectivity index is 0.00000256. The number of hydrogen-bond donors (Lipinski definition) is 1. The van der Waals surface area contributed by atoms with Gasteiger partial charge in [-0.3, -0.25) is 18.9 Å². The van der Waals surface area contributed by atoms with Crippen LogP contribution in [0.2, 0.25) is 0 Å². The Labute approximate surface area is 197 Å². The summed E-state index contributed by atoms with van der Waals surface area (Å²) >= 11 is 1.21. The number of aromatic carboxylic acids is 1. The van der Waals surface area contributed by atoms with Gasteiger partial charge in [-0.2, -0.15) is 0 Å². The van der Waals surface area contributed by atoms with E-state index < -0.39 is 17.2 Å². The molecule has 4 aromatic rings. The van der Waals surface area contributed by atoms with Gasteiger partial charge in [-0.1, -0.05) is 25.1 Å². The minimum absolute atomic E-state index is 0. The van der Waals surface area contributed by atoms with Gasteiger partial charge in [-0.05, 0) is 24.1 Å². The van der Waals surface area contributed by atoms with Gasteiger partial charge in [0.2, 0.25) is 0 Å².